The van der Waals surface area contributed by atoms with Crippen LogP contribution < -0.4 is 21.7 Å². The number of amides is 1. The first-order valence-corrected chi connectivity index (χ1v) is 13.9. The molecule has 4 atom stereocenters. The molecular formula is C30H27NO10S. The minimum Gasteiger partial charge on any atom is -0.394 e. The van der Waals surface area contributed by atoms with E-state index in [4.69, 9.17) is 5.11 Å². The van der Waals surface area contributed by atoms with Gasteiger partial charge in [0, 0.05) is 41.6 Å². The first-order chi connectivity index (χ1) is 20.0. The zero-order valence-electron chi connectivity index (χ0n) is 22.3. The monoisotopic (exact) mass is 593 g/mol. The Morgan fingerprint density at radius 1 is 0.762 bits per heavy atom. The normalized spacial score (nSPS) is 14.9. The Balaban J connectivity index is 1.45. The average molecular weight is 594 g/mol. The van der Waals surface area contributed by atoms with E-state index in [2.05, 4.69) is 0 Å². The Bertz CT molecular complexity index is 2060. The predicted molar refractivity (Wildman–Crippen MR) is 159 cm³/mol. The molecule has 1 amide bonds. The number of benzene rings is 4. The zero-order chi connectivity index (χ0) is 30.5. The van der Waals surface area contributed by atoms with Crippen molar-refractivity contribution in [2.24, 2.45) is 0 Å². The lowest BCUT2D eigenvalue weighted by atomic mass is 9.99. The lowest BCUT2D eigenvalue weighted by Gasteiger charge is -2.28. The predicted octanol–water partition coefficient (Wildman–Crippen LogP) is -0.496. The van der Waals surface area contributed by atoms with E-state index in [0.717, 1.165) is 16.2 Å². The van der Waals surface area contributed by atoms with E-state index in [9.17, 15) is 44.4 Å². The van der Waals surface area contributed by atoms with Gasteiger partial charge in [0.1, 0.15) is 24.4 Å². The second-order valence-electron chi connectivity index (χ2n) is 10.3. The Morgan fingerprint density at radius 2 is 1.29 bits per heavy atom. The molecule has 0 aliphatic rings. The number of aliphatic hydroxyl groups is 5. The van der Waals surface area contributed by atoms with Crippen molar-refractivity contribution >= 4 is 59.0 Å². The van der Waals surface area contributed by atoms with E-state index >= 15 is 0 Å². The first-order valence-electron chi connectivity index (χ1n) is 13.1. The van der Waals surface area contributed by atoms with Crippen LogP contribution in [-0.4, -0.2) is 81.0 Å². The van der Waals surface area contributed by atoms with Crippen molar-refractivity contribution < 1.29 is 30.3 Å². The summed E-state index contributed by atoms with van der Waals surface area (Å²) >= 11 is 0.850. The summed E-state index contributed by atoms with van der Waals surface area (Å²) in [7, 11) is 1.37. The zero-order valence-corrected chi connectivity index (χ0v) is 23.1. The maximum absolute atomic E-state index is 13.7. The number of fused-ring (bicyclic) bond motifs is 5. The SMILES string of the molecule is CN(C[C@H](O)[C@@H](O)[C@H](O)[C@H](O)CO)C(=O)CCc1ccc2c(=O)c3sc4c(=O)c5ccccc5c(=O)c4c3c(=O)c2c1. The number of likely N-dealkylation sites (N-methyl/N-ethyl adjacent to an activating group) is 1. The summed E-state index contributed by atoms with van der Waals surface area (Å²) in [6.07, 6.45) is -6.81. The van der Waals surface area contributed by atoms with Crippen LogP contribution in [0.5, 0.6) is 0 Å². The molecule has 0 unspecified atom stereocenters. The third-order valence-corrected chi connectivity index (χ3v) is 8.79. The molecule has 0 saturated heterocycles. The van der Waals surface area contributed by atoms with Gasteiger partial charge in [-0.3, -0.25) is 24.0 Å². The summed E-state index contributed by atoms with van der Waals surface area (Å²) < 4.78 is 0.117. The molecule has 0 radical (unpaired) electrons. The molecule has 5 rings (SSSR count). The standard InChI is InChI=1S/C30H27NO10S/c1-31(11-18(33)27(40)28(41)19(34)12-32)20(35)9-7-13-6-8-16-17(10-13)24(37)22-21-23(36)14-4-2-3-5-15(14)25(38)29(21)42-30(22)26(16)39/h2-6,8,10,18-19,27-28,32-34,40-41H,7,9,11-12H2,1H3/t18-,19+,27+,28+/m0/s1. The summed E-state index contributed by atoms with van der Waals surface area (Å²) in [5.41, 5.74) is -1.36. The molecule has 11 nitrogen and oxygen atoms in total. The maximum Gasteiger partial charge on any atom is 0.222 e. The summed E-state index contributed by atoms with van der Waals surface area (Å²) in [6, 6.07) is 10.9. The molecule has 0 spiro atoms. The maximum atomic E-state index is 13.7. The van der Waals surface area contributed by atoms with Crippen molar-refractivity contribution in [2.45, 2.75) is 37.3 Å². The molecule has 0 saturated carbocycles. The van der Waals surface area contributed by atoms with E-state index in [-0.39, 0.29) is 61.1 Å². The molecule has 4 aromatic carbocycles. The minimum atomic E-state index is -1.82. The fraction of sp³-hybridized carbons (Fsp3) is 0.300. The number of hydrogen-bond acceptors (Lipinski definition) is 11. The lowest BCUT2D eigenvalue weighted by molar-refractivity contribution is -0.137. The van der Waals surface area contributed by atoms with Crippen LogP contribution in [0.15, 0.2) is 61.6 Å². The van der Waals surface area contributed by atoms with Gasteiger partial charge >= 0.3 is 0 Å². The van der Waals surface area contributed by atoms with Crippen LogP contribution in [0.4, 0.5) is 0 Å². The van der Waals surface area contributed by atoms with Crippen molar-refractivity contribution in [1.29, 1.82) is 0 Å². The van der Waals surface area contributed by atoms with Gasteiger partial charge in [0.15, 0.2) is 10.9 Å². The molecule has 0 bridgehead atoms. The van der Waals surface area contributed by atoms with E-state index in [1.54, 1.807) is 18.2 Å². The van der Waals surface area contributed by atoms with E-state index in [1.807, 2.05) is 0 Å². The number of nitrogens with zero attached hydrogens (tertiary/aromatic N) is 1. The van der Waals surface area contributed by atoms with Gasteiger partial charge < -0.3 is 30.4 Å². The van der Waals surface area contributed by atoms with Gasteiger partial charge in [0.25, 0.3) is 0 Å². The topological polar surface area (TPSA) is 190 Å². The molecule has 218 valence electrons. The number of hydrogen-bond donors (Lipinski definition) is 5. The van der Waals surface area contributed by atoms with Crippen molar-refractivity contribution in [3.05, 3.63) is 88.9 Å². The molecular weight excluding hydrogens is 566 g/mol. The van der Waals surface area contributed by atoms with Crippen molar-refractivity contribution in [3.8, 4) is 0 Å². The highest BCUT2D eigenvalue weighted by molar-refractivity contribution is 7.25. The van der Waals surface area contributed by atoms with Gasteiger partial charge in [-0.15, -0.1) is 11.3 Å². The third kappa shape index (κ3) is 4.91. The Hall–Kier alpha value is -3.91. The molecule has 1 heterocycles. The number of aliphatic hydroxyl groups excluding tert-OH is 5. The lowest BCUT2D eigenvalue weighted by Crippen LogP contribution is -2.50. The van der Waals surface area contributed by atoms with Gasteiger partial charge in [0.05, 0.1) is 26.8 Å². The van der Waals surface area contributed by atoms with Gasteiger partial charge in [-0.2, -0.15) is 0 Å². The van der Waals surface area contributed by atoms with Gasteiger partial charge in [-0.25, -0.2) is 0 Å². The van der Waals surface area contributed by atoms with Crippen LogP contribution in [0, 0.1) is 0 Å². The van der Waals surface area contributed by atoms with Gasteiger partial charge in [-0.05, 0) is 24.1 Å². The summed E-state index contributed by atoms with van der Waals surface area (Å²) in [6.45, 7) is -1.19. The van der Waals surface area contributed by atoms with Crippen molar-refractivity contribution in [2.75, 3.05) is 20.2 Å². The molecule has 0 aliphatic heterocycles. The van der Waals surface area contributed by atoms with Crippen LogP contribution in [-0.2, 0) is 11.2 Å². The number of carbonyl (C=O) groups excluding carboxylic acids is 1. The summed E-state index contributed by atoms with van der Waals surface area (Å²) in [5, 5.41) is 48.7. The fourth-order valence-electron chi connectivity index (χ4n) is 5.21. The van der Waals surface area contributed by atoms with E-state index in [1.165, 1.54) is 31.3 Å². The molecule has 0 fully saturated rings. The summed E-state index contributed by atoms with van der Waals surface area (Å²) in [5.74, 6) is -0.435. The van der Waals surface area contributed by atoms with Gasteiger partial charge in [0.2, 0.25) is 16.8 Å². The second kappa shape index (κ2) is 11.4. The molecule has 5 N–H and O–H groups in total. The quantitative estimate of drug-likeness (QED) is 0.149. The fourth-order valence-corrected chi connectivity index (χ4v) is 6.41. The van der Waals surface area contributed by atoms with Crippen LogP contribution in [0.1, 0.15) is 12.0 Å². The third-order valence-electron chi connectivity index (χ3n) is 7.60. The van der Waals surface area contributed by atoms with Gasteiger partial charge in [-0.1, -0.05) is 30.3 Å². The van der Waals surface area contributed by atoms with Crippen molar-refractivity contribution in [3.63, 3.8) is 0 Å². The number of carbonyl (C=O) groups is 1. The molecule has 0 aliphatic carbocycles. The highest BCUT2D eigenvalue weighted by atomic mass is 32.1. The Kier molecular flexibility index (Phi) is 8.03. The Morgan fingerprint density at radius 3 is 1.88 bits per heavy atom. The highest BCUT2D eigenvalue weighted by Gasteiger charge is 2.31. The minimum absolute atomic E-state index is 0.0499. The first kappa shape index (κ1) is 29.6. The number of rotatable bonds is 9. The van der Waals surface area contributed by atoms with Crippen LogP contribution in [0.25, 0.3) is 41.7 Å². The van der Waals surface area contributed by atoms with E-state index in [0.29, 0.717) is 5.56 Å². The molecule has 5 aromatic rings. The van der Waals surface area contributed by atoms with Crippen molar-refractivity contribution in [1.82, 2.24) is 4.90 Å². The van der Waals surface area contributed by atoms with Crippen LogP contribution >= 0.6 is 11.3 Å². The average Bonchev–Trinajstić information content (AvgIpc) is 3.41. The number of thiophene rings is 1. The smallest absolute Gasteiger partial charge is 0.222 e. The molecule has 42 heavy (non-hydrogen) atoms. The molecule has 12 heteroatoms. The summed E-state index contributed by atoms with van der Waals surface area (Å²) in [4.78, 5) is 67.3. The largest absolute Gasteiger partial charge is 0.394 e. The van der Waals surface area contributed by atoms with Crippen LogP contribution in [0.3, 0.4) is 0 Å². The van der Waals surface area contributed by atoms with E-state index < -0.39 is 58.6 Å². The second-order valence-corrected chi connectivity index (χ2v) is 11.3. The highest BCUT2D eigenvalue weighted by Crippen LogP contribution is 2.29. The Labute approximate surface area is 240 Å². The number of aryl methyl sites for hydroxylation is 1. The van der Waals surface area contributed by atoms with Crippen LogP contribution in [0.2, 0.25) is 0 Å². The molecule has 1 aromatic heterocycles.